The van der Waals surface area contributed by atoms with Crippen LogP contribution in [0.5, 0.6) is 0 Å². The highest BCUT2D eigenvalue weighted by Gasteiger charge is 2.22. The fourth-order valence-corrected chi connectivity index (χ4v) is 2.06. The highest BCUT2D eigenvalue weighted by molar-refractivity contribution is 5.40. The van der Waals surface area contributed by atoms with Gasteiger partial charge in [0.15, 0.2) is 0 Å². The molecule has 4 nitrogen and oxygen atoms in total. The van der Waals surface area contributed by atoms with Gasteiger partial charge in [0.05, 0.1) is 18.8 Å². The fraction of sp³-hybridized carbons (Fsp3) is 0.583. The second-order valence-corrected chi connectivity index (χ2v) is 4.35. The van der Waals surface area contributed by atoms with Crippen LogP contribution >= 0.6 is 0 Å². The number of pyridine rings is 1. The number of hydrogen-bond acceptors (Lipinski definition) is 4. The van der Waals surface area contributed by atoms with Crippen LogP contribution in [0.3, 0.4) is 0 Å². The zero-order valence-electron chi connectivity index (χ0n) is 9.76. The maximum atomic E-state index is 8.95. The minimum absolute atomic E-state index is 0.0448. The van der Waals surface area contributed by atoms with Crippen molar-refractivity contribution in [1.29, 1.82) is 0 Å². The summed E-state index contributed by atoms with van der Waals surface area (Å²) in [6, 6.07) is 3.86. The van der Waals surface area contributed by atoms with Gasteiger partial charge >= 0.3 is 0 Å². The van der Waals surface area contributed by atoms with Crippen molar-refractivity contribution in [1.82, 2.24) is 4.98 Å². The van der Waals surface area contributed by atoms with Gasteiger partial charge in [0.1, 0.15) is 5.82 Å². The molecule has 1 fully saturated rings. The van der Waals surface area contributed by atoms with Crippen molar-refractivity contribution >= 4 is 5.82 Å². The number of aromatic nitrogens is 1. The van der Waals surface area contributed by atoms with Crippen LogP contribution in [0.1, 0.15) is 19.4 Å². The van der Waals surface area contributed by atoms with Crippen molar-refractivity contribution in [3.8, 4) is 0 Å². The van der Waals surface area contributed by atoms with Crippen molar-refractivity contribution in [2.24, 2.45) is 0 Å². The molecule has 0 aromatic carbocycles. The van der Waals surface area contributed by atoms with E-state index in [1.807, 2.05) is 12.1 Å². The lowest BCUT2D eigenvalue weighted by atomic mass is 10.2. The van der Waals surface area contributed by atoms with Gasteiger partial charge in [-0.2, -0.15) is 0 Å². The van der Waals surface area contributed by atoms with Crippen LogP contribution in [-0.4, -0.2) is 35.4 Å². The quantitative estimate of drug-likeness (QED) is 0.816. The minimum Gasteiger partial charge on any atom is -0.392 e. The number of rotatable bonds is 2. The summed E-state index contributed by atoms with van der Waals surface area (Å²) < 4.78 is 5.67. The zero-order valence-corrected chi connectivity index (χ0v) is 9.76. The first-order chi connectivity index (χ1) is 7.69. The van der Waals surface area contributed by atoms with Crippen molar-refractivity contribution in [3.05, 3.63) is 23.9 Å². The Balaban J connectivity index is 2.10. The molecule has 1 aromatic heterocycles. The largest absolute Gasteiger partial charge is 0.392 e. The predicted octanol–water partition coefficient (Wildman–Crippen LogP) is 1.19. The normalized spacial score (nSPS) is 25.8. The van der Waals surface area contributed by atoms with Gasteiger partial charge in [-0.3, -0.25) is 0 Å². The third-order valence-corrected chi connectivity index (χ3v) is 2.74. The van der Waals surface area contributed by atoms with E-state index in [1.54, 1.807) is 6.20 Å². The van der Waals surface area contributed by atoms with E-state index in [1.165, 1.54) is 0 Å². The number of aliphatic hydroxyl groups is 1. The van der Waals surface area contributed by atoms with E-state index < -0.39 is 0 Å². The summed E-state index contributed by atoms with van der Waals surface area (Å²) in [5, 5.41) is 8.95. The molecule has 1 aromatic rings. The molecule has 4 heteroatoms. The smallest absolute Gasteiger partial charge is 0.128 e. The Kier molecular flexibility index (Phi) is 3.41. The Morgan fingerprint density at radius 3 is 2.56 bits per heavy atom. The number of hydrogen-bond donors (Lipinski definition) is 1. The summed E-state index contributed by atoms with van der Waals surface area (Å²) in [6.45, 7) is 5.93. The van der Waals surface area contributed by atoms with E-state index >= 15 is 0 Å². The Bertz CT molecular complexity index is 329. The number of ether oxygens (including phenoxy) is 1. The minimum atomic E-state index is 0.0448. The second kappa shape index (κ2) is 4.80. The zero-order chi connectivity index (χ0) is 11.5. The first kappa shape index (κ1) is 11.4. The van der Waals surface area contributed by atoms with Crippen molar-refractivity contribution < 1.29 is 9.84 Å². The Hall–Kier alpha value is -1.13. The molecule has 16 heavy (non-hydrogen) atoms. The predicted molar refractivity (Wildman–Crippen MR) is 62.4 cm³/mol. The van der Waals surface area contributed by atoms with E-state index in [-0.39, 0.29) is 18.8 Å². The van der Waals surface area contributed by atoms with Crippen molar-refractivity contribution in [2.75, 3.05) is 18.0 Å². The third-order valence-electron chi connectivity index (χ3n) is 2.74. The summed E-state index contributed by atoms with van der Waals surface area (Å²) in [6.07, 6.45) is 2.20. The molecule has 1 N–H and O–H groups in total. The first-order valence-corrected chi connectivity index (χ1v) is 5.65. The topological polar surface area (TPSA) is 45.6 Å². The summed E-state index contributed by atoms with van der Waals surface area (Å²) in [7, 11) is 0. The summed E-state index contributed by atoms with van der Waals surface area (Å²) >= 11 is 0. The van der Waals surface area contributed by atoms with Gasteiger partial charge in [-0.1, -0.05) is 6.07 Å². The van der Waals surface area contributed by atoms with E-state index in [0.717, 1.165) is 24.5 Å². The van der Waals surface area contributed by atoms with Gasteiger partial charge < -0.3 is 14.7 Å². The van der Waals surface area contributed by atoms with Crippen LogP contribution in [0.4, 0.5) is 5.82 Å². The Labute approximate surface area is 95.9 Å². The molecule has 2 rings (SSSR count). The highest BCUT2D eigenvalue weighted by atomic mass is 16.5. The van der Waals surface area contributed by atoms with E-state index in [2.05, 4.69) is 23.7 Å². The molecule has 0 spiro atoms. The van der Waals surface area contributed by atoms with Crippen LogP contribution in [0.2, 0.25) is 0 Å². The molecule has 0 amide bonds. The van der Waals surface area contributed by atoms with Crippen molar-refractivity contribution in [3.63, 3.8) is 0 Å². The molecule has 0 unspecified atom stereocenters. The van der Waals surface area contributed by atoms with Gasteiger partial charge in [-0.15, -0.1) is 0 Å². The van der Waals surface area contributed by atoms with Gasteiger partial charge in [0, 0.05) is 19.3 Å². The lowest BCUT2D eigenvalue weighted by molar-refractivity contribution is -0.00546. The monoisotopic (exact) mass is 222 g/mol. The molecule has 0 bridgehead atoms. The summed E-state index contributed by atoms with van der Waals surface area (Å²) in [5.41, 5.74) is 0.845. The molecule has 2 atom stereocenters. The summed E-state index contributed by atoms with van der Waals surface area (Å²) in [4.78, 5) is 6.57. The average molecular weight is 222 g/mol. The average Bonchev–Trinajstić information content (AvgIpc) is 2.28. The Morgan fingerprint density at radius 2 is 2.06 bits per heavy atom. The lowest BCUT2D eigenvalue weighted by Gasteiger charge is -2.36. The van der Waals surface area contributed by atoms with Gasteiger partial charge in [0.2, 0.25) is 0 Å². The van der Waals surface area contributed by atoms with Crippen LogP contribution in [-0.2, 0) is 11.3 Å². The molecular weight excluding hydrogens is 204 g/mol. The first-order valence-electron chi connectivity index (χ1n) is 5.65. The fourth-order valence-electron chi connectivity index (χ4n) is 2.06. The standard InChI is InChI=1S/C12H18N2O2/c1-9-6-14(7-10(2)16-9)12-4-3-11(8-15)5-13-12/h3-5,9-10,15H,6-8H2,1-2H3/t9-,10+. The molecule has 1 saturated heterocycles. The number of morpholine rings is 1. The molecule has 1 aliphatic rings. The number of nitrogens with zero attached hydrogens (tertiary/aromatic N) is 2. The lowest BCUT2D eigenvalue weighted by Crippen LogP contribution is -2.45. The van der Waals surface area contributed by atoms with Crippen molar-refractivity contribution in [2.45, 2.75) is 32.7 Å². The van der Waals surface area contributed by atoms with Crippen LogP contribution in [0, 0.1) is 0 Å². The number of aliphatic hydroxyl groups excluding tert-OH is 1. The Morgan fingerprint density at radius 1 is 1.38 bits per heavy atom. The van der Waals surface area contributed by atoms with Crippen LogP contribution in [0.25, 0.3) is 0 Å². The molecule has 88 valence electrons. The number of anilines is 1. The van der Waals surface area contributed by atoms with E-state index in [0.29, 0.717) is 0 Å². The molecule has 2 heterocycles. The second-order valence-electron chi connectivity index (χ2n) is 4.35. The summed E-state index contributed by atoms with van der Waals surface area (Å²) in [5.74, 6) is 0.958. The van der Waals surface area contributed by atoms with E-state index in [9.17, 15) is 0 Å². The van der Waals surface area contributed by atoms with Gasteiger partial charge in [0.25, 0.3) is 0 Å². The van der Waals surface area contributed by atoms with E-state index in [4.69, 9.17) is 9.84 Å². The maximum absolute atomic E-state index is 8.95. The molecule has 0 radical (unpaired) electrons. The van der Waals surface area contributed by atoms with Crippen LogP contribution < -0.4 is 4.90 Å². The third kappa shape index (κ3) is 2.51. The molecular formula is C12H18N2O2. The van der Waals surface area contributed by atoms with Gasteiger partial charge in [-0.25, -0.2) is 4.98 Å². The van der Waals surface area contributed by atoms with Crippen LogP contribution in [0.15, 0.2) is 18.3 Å². The molecule has 0 aliphatic carbocycles. The molecule has 1 aliphatic heterocycles. The highest BCUT2D eigenvalue weighted by Crippen LogP contribution is 2.18. The maximum Gasteiger partial charge on any atom is 0.128 e. The SMILES string of the molecule is C[C@@H]1CN(c2ccc(CO)cn2)C[C@H](C)O1. The molecule has 0 saturated carbocycles. The van der Waals surface area contributed by atoms with Gasteiger partial charge in [-0.05, 0) is 25.5 Å².